The van der Waals surface area contributed by atoms with Crippen LogP contribution < -0.4 is 5.32 Å². The number of nitrogens with one attached hydrogen (secondary N) is 1. The molecule has 0 aliphatic heterocycles. The number of hydrogen-bond donors (Lipinski definition) is 2. The highest BCUT2D eigenvalue weighted by molar-refractivity contribution is 5.92. The first kappa shape index (κ1) is 13.9. The number of methoxy groups -OCH3 is 1. The molecule has 0 unspecified atom stereocenters. The van der Waals surface area contributed by atoms with Crippen molar-refractivity contribution in [2.75, 3.05) is 25.6 Å². The second kappa shape index (κ2) is 6.55. The van der Waals surface area contributed by atoms with E-state index in [0.717, 1.165) is 12.1 Å². The number of ether oxygens (including phenoxy) is 2. The summed E-state index contributed by atoms with van der Waals surface area (Å²) in [7, 11) is 1.19. The summed E-state index contributed by atoms with van der Waals surface area (Å²) in [5, 5.41) is 10.6. The average molecular weight is 257 g/mol. The Morgan fingerprint density at radius 2 is 2.17 bits per heavy atom. The van der Waals surface area contributed by atoms with E-state index in [2.05, 4.69) is 14.8 Å². The number of aliphatic hydroxyl groups excluding tert-OH is 1. The van der Waals surface area contributed by atoms with Crippen LogP contribution in [0.25, 0.3) is 0 Å². The Balaban J connectivity index is 2.81. The van der Waals surface area contributed by atoms with Crippen LogP contribution in [-0.4, -0.2) is 37.5 Å². The smallest absolute Gasteiger partial charge is 0.411 e. The largest absolute Gasteiger partial charge is 0.465 e. The normalized spacial score (nSPS) is 9.72. The van der Waals surface area contributed by atoms with E-state index >= 15 is 0 Å². The highest BCUT2D eigenvalue weighted by atomic mass is 19.1. The van der Waals surface area contributed by atoms with Gasteiger partial charge in [-0.2, -0.15) is 0 Å². The predicted octanol–water partition coefficient (Wildman–Crippen LogP) is 1.15. The van der Waals surface area contributed by atoms with Crippen molar-refractivity contribution in [3.8, 4) is 0 Å². The van der Waals surface area contributed by atoms with E-state index in [0.29, 0.717) is 0 Å². The van der Waals surface area contributed by atoms with Gasteiger partial charge in [-0.15, -0.1) is 0 Å². The van der Waals surface area contributed by atoms with Gasteiger partial charge in [0.15, 0.2) is 0 Å². The number of aliphatic hydroxyl groups is 1. The lowest BCUT2D eigenvalue weighted by Gasteiger charge is -2.08. The molecule has 0 heterocycles. The fourth-order valence-corrected chi connectivity index (χ4v) is 1.15. The van der Waals surface area contributed by atoms with Gasteiger partial charge in [-0.25, -0.2) is 14.0 Å². The monoisotopic (exact) mass is 257 g/mol. The summed E-state index contributed by atoms with van der Waals surface area (Å²) in [6.45, 7) is -0.539. The Kier molecular flexibility index (Phi) is 5.06. The third-order valence-corrected chi connectivity index (χ3v) is 1.95. The van der Waals surface area contributed by atoms with Crippen LogP contribution in [0.15, 0.2) is 18.2 Å². The van der Waals surface area contributed by atoms with Crippen molar-refractivity contribution in [1.82, 2.24) is 0 Å². The maximum atomic E-state index is 13.3. The second-order valence-corrected chi connectivity index (χ2v) is 3.17. The number of carbonyl (C=O) groups is 2. The predicted molar refractivity (Wildman–Crippen MR) is 59.8 cm³/mol. The topological polar surface area (TPSA) is 84.9 Å². The van der Waals surface area contributed by atoms with Gasteiger partial charge in [0, 0.05) is 0 Å². The van der Waals surface area contributed by atoms with Gasteiger partial charge in [0.1, 0.15) is 12.4 Å². The van der Waals surface area contributed by atoms with Gasteiger partial charge in [-0.05, 0) is 18.2 Å². The molecular weight excluding hydrogens is 245 g/mol. The van der Waals surface area contributed by atoms with Gasteiger partial charge in [0.05, 0.1) is 25.0 Å². The SMILES string of the molecule is COC(=O)c1ccc(F)c(NC(=O)OCCO)c1. The van der Waals surface area contributed by atoms with Crippen molar-refractivity contribution in [1.29, 1.82) is 0 Å². The summed E-state index contributed by atoms with van der Waals surface area (Å²) in [5.74, 6) is -1.37. The van der Waals surface area contributed by atoms with Gasteiger partial charge < -0.3 is 14.6 Å². The molecule has 0 radical (unpaired) electrons. The molecule has 7 heteroatoms. The first-order chi connectivity index (χ1) is 8.58. The summed E-state index contributed by atoms with van der Waals surface area (Å²) >= 11 is 0. The lowest BCUT2D eigenvalue weighted by atomic mass is 10.2. The highest BCUT2D eigenvalue weighted by Crippen LogP contribution is 2.17. The highest BCUT2D eigenvalue weighted by Gasteiger charge is 2.12. The molecular formula is C11H12FNO5. The minimum Gasteiger partial charge on any atom is -0.465 e. The molecule has 0 bridgehead atoms. The molecule has 0 spiro atoms. The molecule has 98 valence electrons. The van der Waals surface area contributed by atoms with E-state index in [-0.39, 0.29) is 24.5 Å². The Hall–Kier alpha value is -2.15. The van der Waals surface area contributed by atoms with Gasteiger partial charge in [-0.1, -0.05) is 0 Å². The molecule has 18 heavy (non-hydrogen) atoms. The zero-order valence-electron chi connectivity index (χ0n) is 9.60. The van der Waals surface area contributed by atoms with Crippen LogP contribution in [0.3, 0.4) is 0 Å². The molecule has 0 aliphatic rings. The summed E-state index contributed by atoms with van der Waals surface area (Å²) in [6.07, 6.45) is -0.926. The molecule has 2 N–H and O–H groups in total. The number of hydrogen-bond acceptors (Lipinski definition) is 5. The van der Waals surface area contributed by atoms with Crippen LogP contribution in [0.1, 0.15) is 10.4 Å². The molecule has 1 aromatic carbocycles. The molecule has 1 aromatic rings. The number of anilines is 1. The van der Waals surface area contributed by atoms with Crippen molar-refractivity contribution >= 4 is 17.7 Å². The number of halogens is 1. The summed E-state index contributed by atoms with van der Waals surface area (Å²) in [6, 6.07) is 3.38. The van der Waals surface area contributed by atoms with E-state index in [9.17, 15) is 14.0 Å². The van der Waals surface area contributed by atoms with Crippen molar-refractivity contribution in [2.45, 2.75) is 0 Å². The van der Waals surface area contributed by atoms with Crippen LogP contribution in [0.5, 0.6) is 0 Å². The summed E-state index contributed by atoms with van der Waals surface area (Å²) in [5.41, 5.74) is -0.114. The first-order valence-corrected chi connectivity index (χ1v) is 5.01. The van der Waals surface area contributed by atoms with Gasteiger partial charge in [-0.3, -0.25) is 5.32 Å². The number of esters is 1. The minimum atomic E-state index is -0.926. The maximum absolute atomic E-state index is 13.3. The second-order valence-electron chi connectivity index (χ2n) is 3.17. The molecule has 0 atom stereocenters. The summed E-state index contributed by atoms with van der Waals surface area (Å²) in [4.78, 5) is 22.4. The lowest BCUT2D eigenvalue weighted by Crippen LogP contribution is -2.17. The zero-order chi connectivity index (χ0) is 13.5. The quantitative estimate of drug-likeness (QED) is 0.790. The van der Waals surface area contributed by atoms with Crippen LogP contribution in [0, 0.1) is 5.82 Å². The van der Waals surface area contributed by atoms with Crippen molar-refractivity contribution in [3.05, 3.63) is 29.6 Å². The first-order valence-electron chi connectivity index (χ1n) is 5.01. The van der Waals surface area contributed by atoms with E-state index in [1.807, 2.05) is 0 Å². The number of amides is 1. The molecule has 1 amide bonds. The number of carbonyl (C=O) groups excluding carboxylic acids is 2. The fourth-order valence-electron chi connectivity index (χ4n) is 1.15. The third-order valence-electron chi connectivity index (χ3n) is 1.95. The van der Waals surface area contributed by atoms with Crippen molar-refractivity contribution in [2.24, 2.45) is 0 Å². The molecule has 0 fully saturated rings. The summed E-state index contributed by atoms with van der Waals surface area (Å²) < 4.78 is 22.3. The number of benzene rings is 1. The van der Waals surface area contributed by atoms with E-state index in [1.165, 1.54) is 13.2 Å². The molecule has 0 saturated carbocycles. The van der Waals surface area contributed by atoms with Gasteiger partial charge >= 0.3 is 12.1 Å². The van der Waals surface area contributed by atoms with Crippen molar-refractivity contribution in [3.63, 3.8) is 0 Å². The maximum Gasteiger partial charge on any atom is 0.411 e. The third kappa shape index (κ3) is 3.70. The minimum absolute atomic E-state index is 0.0939. The lowest BCUT2D eigenvalue weighted by molar-refractivity contribution is 0.0600. The Morgan fingerprint density at radius 3 is 2.78 bits per heavy atom. The molecule has 6 nitrogen and oxygen atoms in total. The Morgan fingerprint density at radius 1 is 1.44 bits per heavy atom. The van der Waals surface area contributed by atoms with E-state index < -0.39 is 17.9 Å². The zero-order valence-corrected chi connectivity index (χ0v) is 9.60. The van der Waals surface area contributed by atoms with Gasteiger partial charge in [0.2, 0.25) is 0 Å². The van der Waals surface area contributed by atoms with Crippen molar-refractivity contribution < 1.29 is 28.6 Å². The van der Waals surface area contributed by atoms with Gasteiger partial charge in [0.25, 0.3) is 0 Å². The standard InChI is InChI=1S/C11H12FNO5/c1-17-10(15)7-2-3-8(12)9(6-7)13-11(16)18-5-4-14/h2-3,6,14H,4-5H2,1H3,(H,13,16). The molecule has 1 rings (SSSR count). The molecule has 0 aromatic heterocycles. The van der Waals surface area contributed by atoms with E-state index in [4.69, 9.17) is 5.11 Å². The Labute approximate surface area is 102 Å². The van der Waals surface area contributed by atoms with Crippen LogP contribution in [-0.2, 0) is 9.47 Å². The van der Waals surface area contributed by atoms with Crippen LogP contribution in [0.2, 0.25) is 0 Å². The van der Waals surface area contributed by atoms with Crippen LogP contribution >= 0.6 is 0 Å². The van der Waals surface area contributed by atoms with Crippen LogP contribution in [0.4, 0.5) is 14.9 Å². The molecule has 0 aliphatic carbocycles. The average Bonchev–Trinajstić information content (AvgIpc) is 2.38. The van der Waals surface area contributed by atoms with E-state index in [1.54, 1.807) is 0 Å². The Bertz CT molecular complexity index is 449. The molecule has 0 saturated heterocycles. The number of rotatable bonds is 4. The fraction of sp³-hybridized carbons (Fsp3) is 0.273.